The number of rotatable bonds is 3. The van der Waals surface area contributed by atoms with Crippen LogP contribution in [0.3, 0.4) is 0 Å². The Balaban J connectivity index is 1.97. The molecule has 1 N–H and O–H groups in total. The fraction of sp³-hybridized carbons (Fsp3) is 0.118. The lowest BCUT2D eigenvalue weighted by Crippen LogP contribution is -2.11. The van der Waals surface area contributed by atoms with Gasteiger partial charge in [0, 0.05) is 11.3 Å². The second-order valence-electron chi connectivity index (χ2n) is 4.90. The van der Waals surface area contributed by atoms with Crippen molar-refractivity contribution in [2.45, 2.75) is 13.3 Å². The zero-order chi connectivity index (χ0) is 15.5. The Hall–Kier alpha value is -2.71. The highest BCUT2D eigenvalue weighted by molar-refractivity contribution is 7.21. The molecule has 0 aliphatic carbocycles. The van der Waals surface area contributed by atoms with E-state index in [-0.39, 0.29) is 12.3 Å². The van der Waals surface area contributed by atoms with Gasteiger partial charge in [-0.3, -0.25) is 4.79 Å². The van der Waals surface area contributed by atoms with E-state index in [4.69, 9.17) is 5.26 Å². The molecule has 4 nitrogen and oxygen atoms in total. The molecule has 0 fully saturated rings. The van der Waals surface area contributed by atoms with Crippen molar-refractivity contribution < 1.29 is 4.79 Å². The first-order chi connectivity index (χ1) is 10.7. The van der Waals surface area contributed by atoms with Crippen molar-refractivity contribution in [1.82, 2.24) is 4.98 Å². The van der Waals surface area contributed by atoms with Gasteiger partial charge >= 0.3 is 0 Å². The Bertz CT molecular complexity index is 859. The lowest BCUT2D eigenvalue weighted by atomic mass is 10.1. The lowest BCUT2D eigenvalue weighted by Gasteiger charge is -2.08. The van der Waals surface area contributed by atoms with Crippen LogP contribution in [0.1, 0.15) is 12.0 Å². The largest absolute Gasteiger partial charge is 0.325 e. The molecule has 0 saturated heterocycles. The Kier molecular flexibility index (Phi) is 3.86. The summed E-state index contributed by atoms with van der Waals surface area (Å²) < 4.78 is 1.13. The van der Waals surface area contributed by atoms with Crippen molar-refractivity contribution in [3.8, 4) is 16.6 Å². The van der Waals surface area contributed by atoms with Crippen LogP contribution in [0.5, 0.6) is 0 Å². The molecule has 0 bridgehead atoms. The summed E-state index contributed by atoms with van der Waals surface area (Å²) in [5.74, 6) is -0.299. The minimum atomic E-state index is -0.299. The number of nitriles is 1. The van der Waals surface area contributed by atoms with Crippen LogP contribution in [0, 0.1) is 18.3 Å². The molecule has 3 aromatic rings. The molecule has 0 radical (unpaired) electrons. The molecular formula is C17H13N3OS. The minimum absolute atomic E-state index is 0.148. The van der Waals surface area contributed by atoms with Crippen LogP contribution in [0.25, 0.3) is 20.8 Å². The van der Waals surface area contributed by atoms with E-state index in [1.54, 1.807) is 11.3 Å². The highest BCUT2D eigenvalue weighted by Gasteiger charge is 2.09. The second-order valence-corrected chi connectivity index (χ2v) is 5.93. The SMILES string of the molecule is Cc1ccc(-c2nc3ccccc3s2)cc1NC(=O)CC#N. The van der Waals surface area contributed by atoms with Gasteiger partial charge in [0.2, 0.25) is 5.91 Å². The number of hydrogen-bond donors (Lipinski definition) is 1. The molecule has 5 heteroatoms. The molecule has 22 heavy (non-hydrogen) atoms. The van der Waals surface area contributed by atoms with Gasteiger partial charge in [-0.25, -0.2) is 4.98 Å². The molecule has 1 heterocycles. The highest BCUT2D eigenvalue weighted by atomic mass is 32.1. The summed E-state index contributed by atoms with van der Waals surface area (Å²) in [6, 6.07) is 15.7. The summed E-state index contributed by atoms with van der Waals surface area (Å²) in [5, 5.41) is 12.3. The summed E-state index contributed by atoms with van der Waals surface area (Å²) in [5.41, 5.74) is 3.60. The molecule has 0 atom stereocenters. The van der Waals surface area contributed by atoms with E-state index in [9.17, 15) is 4.79 Å². The first-order valence-corrected chi connectivity index (χ1v) is 7.62. The molecule has 1 amide bonds. The maximum Gasteiger partial charge on any atom is 0.238 e. The molecule has 1 aromatic heterocycles. The van der Waals surface area contributed by atoms with Crippen LogP contribution >= 0.6 is 11.3 Å². The van der Waals surface area contributed by atoms with Crippen molar-refractivity contribution in [2.75, 3.05) is 5.32 Å². The standard InChI is InChI=1S/C17H13N3OS/c1-11-6-7-12(10-14(11)19-16(21)8-9-18)17-20-13-4-2-3-5-15(13)22-17/h2-7,10H,8H2,1H3,(H,19,21). The zero-order valence-electron chi connectivity index (χ0n) is 12.0. The van der Waals surface area contributed by atoms with Crippen LogP contribution < -0.4 is 5.32 Å². The maximum absolute atomic E-state index is 11.6. The smallest absolute Gasteiger partial charge is 0.238 e. The van der Waals surface area contributed by atoms with Crippen LogP contribution in [0.15, 0.2) is 42.5 Å². The number of carbonyl (C=O) groups is 1. The predicted molar refractivity (Wildman–Crippen MR) is 88.7 cm³/mol. The first-order valence-electron chi connectivity index (χ1n) is 6.81. The maximum atomic E-state index is 11.6. The number of nitrogens with zero attached hydrogens (tertiary/aromatic N) is 2. The number of para-hydroxylation sites is 1. The summed E-state index contributed by atoms with van der Waals surface area (Å²) in [7, 11) is 0. The van der Waals surface area contributed by atoms with Gasteiger partial charge in [0.1, 0.15) is 11.4 Å². The molecule has 3 rings (SSSR count). The number of carbonyl (C=O) groups excluding carboxylic acids is 1. The van der Waals surface area contributed by atoms with Crippen molar-refractivity contribution in [3.05, 3.63) is 48.0 Å². The van der Waals surface area contributed by atoms with Crippen LogP contribution in [0.2, 0.25) is 0 Å². The molecule has 0 aliphatic heterocycles. The Morgan fingerprint density at radius 3 is 2.91 bits per heavy atom. The molecule has 2 aromatic carbocycles. The quantitative estimate of drug-likeness (QED) is 0.791. The van der Waals surface area contributed by atoms with Gasteiger partial charge in [0.05, 0.1) is 16.3 Å². The number of hydrogen-bond acceptors (Lipinski definition) is 4. The number of amides is 1. The normalized spacial score (nSPS) is 10.4. The van der Waals surface area contributed by atoms with Crippen molar-refractivity contribution in [2.24, 2.45) is 0 Å². The number of thiazole rings is 1. The van der Waals surface area contributed by atoms with Gasteiger partial charge in [0.25, 0.3) is 0 Å². The van der Waals surface area contributed by atoms with Crippen LogP contribution in [0.4, 0.5) is 5.69 Å². The monoisotopic (exact) mass is 307 g/mol. The fourth-order valence-electron chi connectivity index (χ4n) is 2.15. The highest BCUT2D eigenvalue weighted by Crippen LogP contribution is 2.32. The Labute approximate surface area is 132 Å². The number of anilines is 1. The van der Waals surface area contributed by atoms with E-state index in [1.165, 1.54) is 0 Å². The molecule has 0 aliphatic rings. The number of aryl methyl sites for hydroxylation is 1. The summed E-state index contributed by atoms with van der Waals surface area (Å²) in [6.45, 7) is 1.92. The van der Waals surface area contributed by atoms with Gasteiger partial charge in [0.15, 0.2) is 0 Å². The van der Waals surface area contributed by atoms with Gasteiger partial charge < -0.3 is 5.32 Å². The summed E-state index contributed by atoms with van der Waals surface area (Å²) in [4.78, 5) is 16.2. The molecule has 0 spiro atoms. The molecule has 108 valence electrons. The topological polar surface area (TPSA) is 65.8 Å². The fourth-order valence-corrected chi connectivity index (χ4v) is 3.11. The average Bonchev–Trinajstić information content (AvgIpc) is 2.93. The lowest BCUT2D eigenvalue weighted by molar-refractivity contribution is -0.115. The number of fused-ring (bicyclic) bond motifs is 1. The zero-order valence-corrected chi connectivity index (χ0v) is 12.8. The molecular weight excluding hydrogens is 294 g/mol. The van der Waals surface area contributed by atoms with E-state index in [1.807, 2.05) is 55.5 Å². The predicted octanol–water partition coefficient (Wildman–Crippen LogP) is 4.12. The molecule has 0 saturated carbocycles. The van der Waals surface area contributed by atoms with E-state index in [2.05, 4.69) is 10.3 Å². The van der Waals surface area contributed by atoms with Crippen molar-refractivity contribution >= 4 is 33.1 Å². The third kappa shape index (κ3) is 2.83. The molecule has 0 unspecified atom stereocenters. The van der Waals surface area contributed by atoms with Crippen LogP contribution in [-0.2, 0) is 4.79 Å². The first kappa shape index (κ1) is 14.2. The number of benzene rings is 2. The summed E-state index contributed by atoms with van der Waals surface area (Å²) >= 11 is 1.62. The van der Waals surface area contributed by atoms with Gasteiger partial charge in [-0.2, -0.15) is 5.26 Å². The van der Waals surface area contributed by atoms with E-state index < -0.39 is 0 Å². The third-order valence-electron chi connectivity index (χ3n) is 3.29. The van der Waals surface area contributed by atoms with E-state index in [0.717, 1.165) is 32.0 Å². The van der Waals surface area contributed by atoms with Crippen molar-refractivity contribution in [1.29, 1.82) is 5.26 Å². The average molecular weight is 307 g/mol. The Morgan fingerprint density at radius 2 is 2.14 bits per heavy atom. The van der Waals surface area contributed by atoms with Gasteiger partial charge in [-0.1, -0.05) is 24.3 Å². The van der Waals surface area contributed by atoms with Gasteiger partial charge in [-0.15, -0.1) is 11.3 Å². The third-order valence-corrected chi connectivity index (χ3v) is 4.38. The van der Waals surface area contributed by atoms with Gasteiger partial charge in [-0.05, 0) is 30.7 Å². The number of aromatic nitrogens is 1. The van der Waals surface area contributed by atoms with E-state index >= 15 is 0 Å². The Morgan fingerprint density at radius 1 is 1.32 bits per heavy atom. The van der Waals surface area contributed by atoms with E-state index in [0.29, 0.717) is 0 Å². The second kappa shape index (κ2) is 5.96. The minimum Gasteiger partial charge on any atom is -0.325 e. The summed E-state index contributed by atoms with van der Waals surface area (Å²) in [6.07, 6.45) is -0.148. The number of nitrogens with one attached hydrogen (secondary N) is 1. The van der Waals surface area contributed by atoms with Crippen molar-refractivity contribution in [3.63, 3.8) is 0 Å². The van der Waals surface area contributed by atoms with Crippen LogP contribution in [-0.4, -0.2) is 10.9 Å².